The van der Waals surface area contributed by atoms with Crippen LogP contribution in [-0.2, 0) is 19.6 Å². The van der Waals surface area contributed by atoms with Crippen molar-refractivity contribution in [1.29, 1.82) is 0 Å². The van der Waals surface area contributed by atoms with Crippen LogP contribution in [0.4, 0.5) is 11.4 Å². The summed E-state index contributed by atoms with van der Waals surface area (Å²) in [7, 11) is -3.55. The van der Waals surface area contributed by atoms with Gasteiger partial charge in [-0.25, -0.2) is 8.42 Å². The first-order valence-electron chi connectivity index (χ1n) is 9.13. The van der Waals surface area contributed by atoms with Crippen molar-refractivity contribution in [3.05, 3.63) is 24.3 Å². The Morgan fingerprint density at radius 1 is 1.04 bits per heavy atom. The van der Waals surface area contributed by atoms with Crippen molar-refractivity contribution < 1.29 is 17.9 Å². The third kappa shape index (κ3) is 4.67. The van der Waals surface area contributed by atoms with Gasteiger partial charge < -0.3 is 14.5 Å². The van der Waals surface area contributed by atoms with Crippen molar-refractivity contribution in [2.24, 2.45) is 0 Å². The summed E-state index contributed by atoms with van der Waals surface area (Å²) in [5.74, 6) is -0.196. The number of anilines is 2. The number of amides is 1. The second kappa shape index (κ2) is 8.26. The SMILES string of the molecule is CS(=O)(=O)N(CC(=O)N1CCOCC1)c1ccc(N2CCCCC2)cc1. The van der Waals surface area contributed by atoms with Gasteiger partial charge in [0.15, 0.2) is 0 Å². The normalized spacial score (nSPS) is 18.7. The van der Waals surface area contributed by atoms with Crippen LogP contribution >= 0.6 is 0 Å². The van der Waals surface area contributed by atoms with E-state index >= 15 is 0 Å². The van der Waals surface area contributed by atoms with Gasteiger partial charge >= 0.3 is 0 Å². The summed E-state index contributed by atoms with van der Waals surface area (Å²) in [6.07, 6.45) is 4.77. The summed E-state index contributed by atoms with van der Waals surface area (Å²) in [4.78, 5) is 16.5. The molecule has 0 aliphatic carbocycles. The maximum atomic E-state index is 12.5. The lowest BCUT2D eigenvalue weighted by molar-refractivity contribution is -0.133. The molecule has 1 aromatic rings. The summed E-state index contributed by atoms with van der Waals surface area (Å²) in [5, 5.41) is 0. The molecule has 0 spiro atoms. The summed E-state index contributed by atoms with van der Waals surface area (Å²) in [6.45, 7) is 3.89. The number of benzene rings is 1. The lowest BCUT2D eigenvalue weighted by atomic mass is 10.1. The number of piperidine rings is 1. The molecular formula is C18H27N3O4S. The van der Waals surface area contributed by atoms with Crippen molar-refractivity contribution >= 4 is 27.3 Å². The summed E-state index contributed by atoms with van der Waals surface area (Å²) < 4.78 is 30.9. The average molecular weight is 381 g/mol. The molecule has 0 bridgehead atoms. The Morgan fingerprint density at radius 3 is 2.23 bits per heavy atom. The van der Waals surface area contributed by atoms with E-state index in [-0.39, 0.29) is 12.5 Å². The lowest BCUT2D eigenvalue weighted by Gasteiger charge is -2.31. The summed E-state index contributed by atoms with van der Waals surface area (Å²) >= 11 is 0. The molecule has 8 heteroatoms. The molecule has 0 atom stereocenters. The highest BCUT2D eigenvalue weighted by Gasteiger charge is 2.25. The first-order chi connectivity index (χ1) is 12.4. The van der Waals surface area contributed by atoms with Crippen LogP contribution < -0.4 is 9.21 Å². The fourth-order valence-electron chi connectivity index (χ4n) is 3.42. The highest BCUT2D eigenvalue weighted by atomic mass is 32.2. The van der Waals surface area contributed by atoms with Crippen LogP contribution in [0.15, 0.2) is 24.3 Å². The Bertz CT molecular complexity index is 708. The van der Waals surface area contributed by atoms with E-state index in [0.717, 1.165) is 25.0 Å². The third-order valence-corrected chi connectivity index (χ3v) is 6.04. The average Bonchev–Trinajstić information content (AvgIpc) is 2.66. The van der Waals surface area contributed by atoms with Crippen LogP contribution in [0.25, 0.3) is 0 Å². The molecule has 7 nitrogen and oxygen atoms in total. The number of morpholine rings is 1. The predicted octanol–water partition coefficient (Wildman–Crippen LogP) is 1.30. The van der Waals surface area contributed by atoms with E-state index in [1.165, 1.54) is 23.6 Å². The largest absolute Gasteiger partial charge is 0.378 e. The fraction of sp³-hybridized carbons (Fsp3) is 0.611. The second-order valence-electron chi connectivity index (χ2n) is 6.83. The van der Waals surface area contributed by atoms with Gasteiger partial charge in [-0.15, -0.1) is 0 Å². The Labute approximate surface area is 155 Å². The molecular weight excluding hydrogens is 354 g/mol. The van der Waals surface area contributed by atoms with Gasteiger partial charge in [-0.1, -0.05) is 0 Å². The number of carbonyl (C=O) groups excluding carboxylic acids is 1. The van der Waals surface area contributed by atoms with Gasteiger partial charge in [0, 0.05) is 31.9 Å². The smallest absolute Gasteiger partial charge is 0.243 e. The van der Waals surface area contributed by atoms with E-state index in [2.05, 4.69) is 4.90 Å². The minimum atomic E-state index is -3.55. The number of hydrogen-bond acceptors (Lipinski definition) is 5. The van der Waals surface area contributed by atoms with Crippen molar-refractivity contribution in [3.8, 4) is 0 Å². The molecule has 1 amide bonds. The second-order valence-corrected chi connectivity index (χ2v) is 8.73. The van der Waals surface area contributed by atoms with Crippen molar-refractivity contribution in [1.82, 2.24) is 4.90 Å². The molecule has 0 radical (unpaired) electrons. The number of hydrogen-bond donors (Lipinski definition) is 0. The Morgan fingerprint density at radius 2 is 1.65 bits per heavy atom. The van der Waals surface area contributed by atoms with Gasteiger partial charge in [-0.05, 0) is 43.5 Å². The lowest BCUT2D eigenvalue weighted by Crippen LogP contribution is -2.47. The van der Waals surface area contributed by atoms with E-state index in [1.54, 1.807) is 17.0 Å². The molecule has 0 aromatic heterocycles. The predicted molar refractivity (Wildman–Crippen MR) is 102 cm³/mol. The molecule has 3 rings (SSSR count). The molecule has 144 valence electrons. The van der Waals surface area contributed by atoms with Gasteiger partial charge in [0.1, 0.15) is 6.54 Å². The van der Waals surface area contributed by atoms with E-state index in [0.29, 0.717) is 32.0 Å². The van der Waals surface area contributed by atoms with E-state index in [4.69, 9.17) is 4.74 Å². The van der Waals surface area contributed by atoms with E-state index in [1.807, 2.05) is 12.1 Å². The maximum absolute atomic E-state index is 12.5. The molecule has 1 aromatic carbocycles. The summed E-state index contributed by atoms with van der Waals surface area (Å²) in [6, 6.07) is 7.46. The Kier molecular flexibility index (Phi) is 6.03. The van der Waals surface area contributed by atoms with Gasteiger partial charge in [0.05, 0.1) is 25.2 Å². The highest BCUT2D eigenvalue weighted by Crippen LogP contribution is 2.25. The number of carbonyl (C=O) groups is 1. The topological polar surface area (TPSA) is 70.2 Å². The monoisotopic (exact) mass is 381 g/mol. The Balaban J connectivity index is 1.74. The first kappa shape index (κ1) is 19.0. The number of ether oxygens (including phenoxy) is 1. The quantitative estimate of drug-likeness (QED) is 0.769. The zero-order valence-corrected chi connectivity index (χ0v) is 16.1. The molecule has 2 fully saturated rings. The van der Waals surface area contributed by atoms with Crippen LogP contribution in [0, 0.1) is 0 Å². The van der Waals surface area contributed by atoms with Crippen LogP contribution in [0.3, 0.4) is 0 Å². The van der Waals surface area contributed by atoms with Crippen molar-refractivity contribution in [2.45, 2.75) is 19.3 Å². The number of rotatable bonds is 5. The van der Waals surface area contributed by atoms with Crippen LogP contribution in [-0.4, -0.2) is 71.4 Å². The van der Waals surface area contributed by atoms with Crippen LogP contribution in [0.2, 0.25) is 0 Å². The molecule has 2 heterocycles. The zero-order chi connectivity index (χ0) is 18.6. The summed E-state index contributed by atoms with van der Waals surface area (Å²) in [5.41, 5.74) is 1.62. The minimum Gasteiger partial charge on any atom is -0.378 e. The van der Waals surface area contributed by atoms with Gasteiger partial charge in [-0.2, -0.15) is 0 Å². The molecule has 2 aliphatic rings. The highest BCUT2D eigenvalue weighted by molar-refractivity contribution is 7.92. The standard InChI is InChI=1S/C18H27N3O4S/c1-26(23,24)21(15-18(22)20-11-13-25-14-12-20)17-7-5-16(6-8-17)19-9-3-2-4-10-19/h5-8H,2-4,9-15H2,1H3. The van der Waals surface area contributed by atoms with Gasteiger partial charge in [-0.3, -0.25) is 9.10 Å². The molecule has 2 saturated heterocycles. The van der Waals surface area contributed by atoms with Gasteiger partial charge in [0.2, 0.25) is 15.9 Å². The van der Waals surface area contributed by atoms with Crippen molar-refractivity contribution in [3.63, 3.8) is 0 Å². The van der Waals surface area contributed by atoms with E-state index in [9.17, 15) is 13.2 Å². The van der Waals surface area contributed by atoms with E-state index < -0.39 is 10.0 Å². The zero-order valence-electron chi connectivity index (χ0n) is 15.3. The maximum Gasteiger partial charge on any atom is 0.243 e. The molecule has 0 unspecified atom stereocenters. The van der Waals surface area contributed by atoms with Gasteiger partial charge in [0.25, 0.3) is 0 Å². The van der Waals surface area contributed by atoms with Crippen LogP contribution in [0.1, 0.15) is 19.3 Å². The third-order valence-electron chi connectivity index (χ3n) is 4.90. The number of nitrogens with zero attached hydrogens (tertiary/aromatic N) is 3. The molecule has 0 N–H and O–H groups in total. The first-order valence-corrected chi connectivity index (χ1v) is 11.0. The molecule has 2 aliphatic heterocycles. The van der Waals surface area contributed by atoms with Crippen molar-refractivity contribution in [2.75, 3.05) is 61.4 Å². The Hall–Kier alpha value is -1.80. The minimum absolute atomic E-state index is 0.179. The number of sulfonamides is 1. The fourth-order valence-corrected chi connectivity index (χ4v) is 4.27. The molecule has 0 saturated carbocycles. The molecule has 26 heavy (non-hydrogen) atoms. The van der Waals surface area contributed by atoms with Crippen LogP contribution in [0.5, 0.6) is 0 Å².